The first-order valence-electron chi connectivity index (χ1n) is 13.5. The first-order chi connectivity index (χ1) is 17.0. The van der Waals surface area contributed by atoms with Crippen molar-refractivity contribution in [1.82, 2.24) is 0 Å². The number of hydrogen-bond acceptors (Lipinski definition) is 8. The van der Waals surface area contributed by atoms with E-state index >= 15 is 0 Å². The lowest BCUT2D eigenvalue weighted by Crippen LogP contribution is -2.38. The van der Waals surface area contributed by atoms with E-state index in [2.05, 4.69) is 19.1 Å². The van der Waals surface area contributed by atoms with Crippen molar-refractivity contribution in [2.75, 3.05) is 47.5 Å². The Morgan fingerprint density at radius 3 is 2.33 bits per heavy atom. The molecule has 0 aromatic carbocycles. The van der Waals surface area contributed by atoms with E-state index in [-0.39, 0.29) is 19.1 Å². The molecular formula is C26H53NO8P+. The monoisotopic (exact) mass is 538 g/mol. The van der Waals surface area contributed by atoms with Crippen LogP contribution in [0.4, 0.5) is 0 Å². The van der Waals surface area contributed by atoms with E-state index in [1.165, 1.54) is 19.3 Å². The van der Waals surface area contributed by atoms with Gasteiger partial charge in [0, 0.05) is 6.42 Å². The summed E-state index contributed by atoms with van der Waals surface area (Å²) >= 11 is 0. The van der Waals surface area contributed by atoms with Crippen molar-refractivity contribution in [3.8, 4) is 0 Å². The summed E-state index contributed by atoms with van der Waals surface area (Å²) in [6.45, 7) is 1.83. The lowest BCUT2D eigenvalue weighted by molar-refractivity contribution is -0.870. The molecule has 0 aromatic rings. The highest BCUT2D eigenvalue weighted by atomic mass is 31.2. The van der Waals surface area contributed by atoms with Gasteiger partial charge in [0.2, 0.25) is 0 Å². The molecule has 1 unspecified atom stereocenters. The number of unbranched alkanes of at least 4 members (excludes halogenated alkanes) is 8. The van der Waals surface area contributed by atoms with Crippen LogP contribution in [0, 0.1) is 0 Å². The molecule has 0 aliphatic carbocycles. The van der Waals surface area contributed by atoms with Crippen molar-refractivity contribution in [1.29, 1.82) is 0 Å². The lowest BCUT2D eigenvalue weighted by Gasteiger charge is -2.26. The SMILES string of the molecule is CCCCCC[C@@H](O)C/C=C\CCCCCCCC(=O)O[C@H](CO)CO[P+]([O-])(O)OCC[N+](C)(C)C. The molecule has 0 rings (SSSR count). The normalized spacial score (nSPS) is 15.7. The van der Waals surface area contributed by atoms with E-state index in [9.17, 15) is 24.8 Å². The maximum Gasteiger partial charge on any atom is 0.377 e. The maximum absolute atomic E-state index is 12.0. The van der Waals surface area contributed by atoms with Gasteiger partial charge in [-0.15, -0.1) is 0 Å². The van der Waals surface area contributed by atoms with Crippen molar-refractivity contribution in [2.24, 2.45) is 0 Å². The van der Waals surface area contributed by atoms with Crippen LogP contribution in [0.1, 0.15) is 90.4 Å². The van der Waals surface area contributed by atoms with Gasteiger partial charge in [0.1, 0.15) is 19.8 Å². The van der Waals surface area contributed by atoms with Crippen LogP contribution in [0.2, 0.25) is 0 Å². The molecule has 0 saturated heterocycles. The Balaban J connectivity index is 3.81. The zero-order valence-electron chi connectivity index (χ0n) is 23.1. The summed E-state index contributed by atoms with van der Waals surface area (Å²) in [7, 11) is 1.51. The van der Waals surface area contributed by atoms with E-state index in [4.69, 9.17) is 13.8 Å². The Kier molecular flexibility index (Phi) is 20.9. The quantitative estimate of drug-likeness (QED) is 0.0558. The van der Waals surface area contributed by atoms with Crippen LogP contribution in [0.3, 0.4) is 0 Å². The number of quaternary nitrogens is 1. The number of likely N-dealkylation sites (N-methyl/N-ethyl adjacent to an activating group) is 1. The molecule has 0 bridgehead atoms. The smallest absolute Gasteiger partial charge is 0.377 e. The van der Waals surface area contributed by atoms with Gasteiger partial charge in [0.15, 0.2) is 6.10 Å². The van der Waals surface area contributed by atoms with Gasteiger partial charge in [-0.05, 0) is 32.1 Å². The molecule has 0 aliphatic heterocycles. The van der Waals surface area contributed by atoms with Gasteiger partial charge in [-0.25, -0.2) is 0 Å². The van der Waals surface area contributed by atoms with Crippen LogP contribution < -0.4 is 4.89 Å². The Bertz CT molecular complexity index is 569. The number of rotatable bonds is 24. The van der Waals surface area contributed by atoms with Crippen molar-refractivity contribution >= 4 is 14.1 Å². The number of aliphatic hydroxyl groups is 2. The van der Waals surface area contributed by atoms with Gasteiger partial charge in [-0.2, -0.15) is 13.9 Å². The highest BCUT2D eigenvalue weighted by Crippen LogP contribution is 2.47. The fraction of sp³-hybridized carbons (Fsp3) is 0.885. The Hall–Kier alpha value is -0.640. The molecule has 0 spiro atoms. The van der Waals surface area contributed by atoms with Gasteiger partial charge in [-0.1, -0.05) is 64.0 Å². The first kappa shape index (κ1) is 35.4. The number of nitrogens with zero attached hydrogens (tertiary/aromatic N) is 1. The average molecular weight is 539 g/mol. The van der Waals surface area contributed by atoms with E-state index in [1.54, 1.807) is 0 Å². The number of hydrogen-bond donors (Lipinski definition) is 3. The molecular weight excluding hydrogens is 485 g/mol. The summed E-state index contributed by atoms with van der Waals surface area (Å²) in [5, 5.41) is 19.3. The number of phosphoric ester groups is 1. The first-order valence-corrected chi connectivity index (χ1v) is 15.0. The Morgan fingerprint density at radius 2 is 1.67 bits per heavy atom. The molecule has 10 heteroatoms. The molecule has 0 aliphatic rings. The minimum atomic E-state index is -4.28. The molecule has 0 amide bonds. The highest BCUT2D eigenvalue weighted by Gasteiger charge is 2.30. The van der Waals surface area contributed by atoms with Crippen molar-refractivity contribution < 1.29 is 43.1 Å². The second-order valence-electron chi connectivity index (χ2n) is 10.4. The van der Waals surface area contributed by atoms with Crippen LogP contribution >= 0.6 is 8.17 Å². The molecule has 9 nitrogen and oxygen atoms in total. The molecule has 36 heavy (non-hydrogen) atoms. The molecule has 0 saturated carbocycles. The third-order valence-corrected chi connectivity index (χ3v) is 6.64. The van der Waals surface area contributed by atoms with E-state index in [0.29, 0.717) is 17.4 Å². The van der Waals surface area contributed by atoms with Crippen LogP contribution in [0.5, 0.6) is 0 Å². The standard InChI is InChI=1S/C26H52NO8P/c1-5-6-7-14-17-24(29)18-15-12-10-8-9-11-13-16-19-26(30)35-25(22-28)23-34-36(31,32)33-21-20-27(2,3)4/h12,15,24-25,28-29H,5-11,13-14,16-23H2,1-4H3/p+1/b15-12-/t24-,25-/m1/s1. The summed E-state index contributed by atoms with van der Waals surface area (Å²) in [5.41, 5.74) is 0. The number of carbonyl (C=O) groups excluding carboxylic acids is 1. The fourth-order valence-corrected chi connectivity index (χ4v) is 4.11. The summed E-state index contributed by atoms with van der Waals surface area (Å²) in [4.78, 5) is 33.6. The summed E-state index contributed by atoms with van der Waals surface area (Å²) in [6, 6.07) is 0. The molecule has 0 aromatic heterocycles. The Morgan fingerprint density at radius 1 is 1.00 bits per heavy atom. The molecule has 0 radical (unpaired) electrons. The number of phosphoric acid groups is 1. The zero-order chi connectivity index (χ0) is 27.3. The number of allylic oxidation sites excluding steroid dienone is 1. The highest BCUT2D eigenvalue weighted by molar-refractivity contribution is 7.52. The van der Waals surface area contributed by atoms with E-state index in [0.717, 1.165) is 51.4 Å². The summed E-state index contributed by atoms with van der Waals surface area (Å²) in [5.74, 6) is -0.465. The predicted octanol–water partition coefficient (Wildman–Crippen LogP) is 3.67. The minimum Gasteiger partial charge on any atom is -0.606 e. The van der Waals surface area contributed by atoms with Crippen LogP contribution in [-0.2, 0) is 18.6 Å². The zero-order valence-corrected chi connectivity index (χ0v) is 24.0. The van der Waals surface area contributed by atoms with Crippen molar-refractivity contribution in [3.63, 3.8) is 0 Å². The van der Waals surface area contributed by atoms with Crippen LogP contribution in [-0.4, -0.2) is 85.3 Å². The van der Waals surface area contributed by atoms with E-state index < -0.39 is 33.5 Å². The van der Waals surface area contributed by atoms with Gasteiger partial charge >= 0.3 is 14.1 Å². The van der Waals surface area contributed by atoms with Gasteiger partial charge in [-0.3, -0.25) is 4.79 Å². The number of esters is 1. The van der Waals surface area contributed by atoms with Crippen molar-refractivity contribution in [3.05, 3.63) is 12.2 Å². The maximum atomic E-state index is 12.0. The second kappa shape index (κ2) is 21.3. The number of ether oxygens (including phenoxy) is 1. The van der Waals surface area contributed by atoms with E-state index in [1.807, 2.05) is 21.1 Å². The molecule has 3 atom stereocenters. The third-order valence-electron chi connectivity index (χ3n) is 5.66. The molecule has 0 heterocycles. The summed E-state index contributed by atoms with van der Waals surface area (Å²) < 4.78 is 15.5. The number of carbonyl (C=O) groups is 1. The predicted molar refractivity (Wildman–Crippen MR) is 142 cm³/mol. The van der Waals surface area contributed by atoms with Crippen molar-refractivity contribution in [2.45, 2.75) is 103 Å². The fourth-order valence-electron chi connectivity index (χ4n) is 3.37. The molecule has 3 N–H and O–H groups in total. The van der Waals surface area contributed by atoms with Gasteiger partial charge in [0.25, 0.3) is 0 Å². The topological polar surface area (TPSA) is 129 Å². The average Bonchev–Trinajstić information content (AvgIpc) is 2.79. The van der Waals surface area contributed by atoms with Crippen LogP contribution in [0.25, 0.3) is 0 Å². The van der Waals surface area contributed by atoms with Gasteiger partial charge < -0.3 is 24.3 Å². The third kappa shape index (κ3) is 23.7. The summed E-state index contributed by atoms with van der Waals surface area (Å²) in [6.07, 6.45) is 15.3. The minimum absolute atomic E-state index is 0.0411. The Labute approximate surface area is 219 Å². The molecule has 0 fully saturated rings. The lowest BCUT2D eigenvalue weighted by atomic mass is 10.1. The van der Waals surface area contributed by atoms with Crippen LogP contribution in [0.15, 0.2) is 12.2 Å². The second-order valence-corrected chi connectivity index (χ2v) is 11.9. The number of aliphatic hydroxyl groups excluding tert-OH is 2. The molecule has 214 valence electrons. The van der Waals surface area contributed by atoms with Gasteiger partial charge in [0.05, 0.1) is 33.9 Å². The largest absolute Gasteiger partial charge is 0.606 e.